The predicted octanol–water partition coefficient (Wildman–Crippen LogP) is 1.86. The highest BCUT2D eigenvalue weighted by atomic mass is 19.1. The van der Waals surface area contributed by atoms with Gasteiger partial charge in [-0.05, 0) is 37.0 Å². The number of halogens is 1. The van der Waals surface area contributed by atoms with E-state index in [-0.39, 0.29) is 12.6 Å². The van der Waals surface area contributed by atoms with Crippen LogP contribution in [0.5, 0.6) is 0 Å². The van der Waals surface area contributed by atoms with E-state index in [4.69, 9.17) is 0 Å². The Bertz CT molecular complexity index is 489. The average molecular weight is 279 g/mol. The van der Waals surface area contributed by atoms with Gasteiger partial charge in [0.1, 0.15) is 5.82 Å². The maximum absolute atomic E-state index is 12.9. The van der Waals surface area contributed by atoms with Gasteiger partial charge >= 0.3 is 6.03 Å². The molecule has 1 fully saturated rings. The van der Waals surface area contributed by atoms with Crippen molar-refractivity contribution in [3.05, 3.63) is 30.1 Å². The molecule has 0 bridgehead atoms. The van der Waals surface area contributed by atoms with Crippen molar-refractivity contribution < 1.29 is 14.0 Å². The third kappa shape index (κ3) is 4.53. The van der Waals surface area contributed by atoms with Crippen LogP contribution in [0.2, 0.25) is 0 Å². The van der Waals surface area contributed by atoms with Crippen LogP contribution in [0.25, 0.3) is 0 Å². The van der Waals surface area contributed by atoms with Crippen molar-refractivity contribution in [3.8, 4) is 0 Å². The van der Waals surface area contributed by atoms with Gasteiger partial charge in [-0.15, -0.1) is 0 Å². The van der Waals surface area contributed by atoms with Gasteiger partial charge < -0.3 is 16.0 Å². The average Bonchev–Trinajstić information content (AvgIpc) is 2.34. The Morgan fingerprint density at radius 1 is 1.25 bits per heavy atom. The Kier molecular flexibility index (Phi) is 4.92. The van der Waals surface area contributed by atoms with Gasteiger partial charge in [0.15, 0.2) is 0 Å². The largest absolute Gasteiger partial charge is 0.338 e. The van der Waals surface area contributed by atoms with Crippen molar-refractivity contribution in [2.75, 3.05) is 18.4 Å². The molecule has 0 heterocycles. The number of urea groups is 1. The molecule has 0 spiro atoms. The molecule has 0 saturated heterocycles. The molecule has 0 aromatic heterocycles. The van der Waals surface area contributed by atoms with Crippen LogP contribution in [0, 0.1) is 11.7 Å². The van der Waals surface area contributed by atoms with E-state index in [1.165, 1.54) is 24.6 Å². The van der Waals surface area contributed by atoms with Gasteiger partial charge in [-0.2, -0.15) is 0 Å². The molecule has 3 N–H and O–H groups in total. The Morgan fingerprint density at radius 2 is 2.05 bits per heavy atom. The number of benzene rings is 1. The highest BCUT2D eigenvalue weighted by Crippen LogP contribution is 2.24. The normalized spacial score (nSPS) is 14.2. The smallest absolute Gasteiger partial charge is 0.315 e. The van der Waals surface area contributed by atoms with E-state index in [0.29, 0.717) is 18.2 Å². The SMILES string of the molecule is O=C(CNC(=O)NCC1CCC1)Nc1cccc(F)c1. The molecule has 6 heteroatoms. The summed E-state index contributed by atoms with van der Waals surface area (Å²) in [6.07, 6.45) is 3.53. The zero-order valence-electron chi connectivity index (χ0n) is 11.1. The van der Waals surface area contributed by atoms with Crippen molar-refractivity contribution in [3.63, 3.8) is 0 Å². The van der Waals surface area contributed by atoms with Gasteiger partial charge in [-0.1, -0.05) is 12.5 Å². The van der Waals surface area contributed by atoms with E-state index < -0.39 is 11.7 Å². The van der Waals surface area contributed by atoms with Crippen molar-refractivity contribution >= 4 is 17.6 Å². The molecule has 1 aromatic rings. The lowest BCUT2D eigenvalue weighted by Crippen LogP contribution is -2.42. The van der Waals surface area contributed by atoms with Crippen molar-refractivity contribution in [2.24, 2.45) is 5.92 Å². The number of anilines is 1. The molecule has 1 aliphatic rings. The summed E-state index contributed by atoms with van der Waals surface area (Å²) in [5.74, 6) is -0.245. The fourth-order valence-electron chi connectivity index (χ4n) is 1.93. The molecule has 2 rings (SSSR count). The molecule has 1 saturated carbocycles. The van der Waals surface area contributed by atoms with E-state index in [9.17, 15) is 14.0 Å². The van der Waals surface area contributed by atoms with Gasteiger partial charge in [0.05, 0.1) is 6.54 Å². The summed E-state index contributed by atoms with van der Waals surface area (Å²) in [5, 5.41) is 7.69. The van der Waals surface area contributed by atoms with Crippen LogP contribution < -0.4 is 16.0 Å². The molecule has 5 nitrogen and oxygen atoms in total. The van der Waals surface area contributed by atoms with Gasteiger partial charge in [0, 0.05) is 12.2 Å². The van der Waals surface area contributed by atoms with Crippen molar-refractivity contribution in [1.82, 2.24) is 10.6 Å². The maximum atomic E-state index is 12.9. The zero-order valence-corrected chi connectivity index (χ0v) is 11.1. The summed E-state index contributed by atoms with van der Waals surface area (Å²) in [6, 6.07) is 5.24. The quantitative estimate of drug-likeness (QED) is 0.770. The molecular weight excluding hydrogens is 261 g/mol. The lowest BCUT2D eigenvalue weighted by molar-refractivity contribution is -0.115. The van der Waals surface area contributed by atoms with Crippen LogP contribution in [0.4, 0.5) is 14.9 Å². The van der Waals surface area contributed by atoms with Crippen LogP contribution in [0.1, 0.15) is 19.3 Å². The topological polar surface area (TPSA) is 70.2 Å². The highest BCUT2D eigenvalue weighted by Gasteiger charge is 2.17. The molecule has 0 radical (unpaired) electrons. The fraction of sp³-hybridized carbons (Fsp3) is 0.429. The second kappa shape index (κ2) is 6.88. The second-order valence-electron chi connectivity index (χ2n) is 4.92. The maximum Gasteiger partial charge on any atom is 0.315 e. The number of hydrogen-bond acceptors (Lipinski definition) is 2. The summed E-state index contributed by atoms with van der Waals surface area (Å²) in [5.41, 5.74) is 0.367. The minimum absolute atomic E-state index is 0.146. The first-order valence-corrected chi connectivity index (χ1v) is 6.70. The molecule has 0 unspecified atom stereocenters. The molecule has 1 aromatic carbocycles. The van der Waals surface area contributed by atoms with E-state index in [2.05, 4.69) is 16.0 Å². The van der Waals surface area contributed by atoms with Crippen molar-refractivity contribution in [1.29, 1.82) is 0 Å². The Hall–Kier alpha value is -2.11. The van der Waals surface area contributed by atoms with E-state index in [0.717, 1.165) is 12.8 Å². The molecule has 1 aliphatic carbocycles. The summed E-state index contributed by atoms with van der Waals surface area (Å²) in [7, 11) is 0. The lowest BCUT2D eigenvalue weighted by Gasteiger charge is -2.25. The van der Waals surface area contributed by atoms with E-state index in [1.807, 2.05) is 0 Å². The van der Waals surface area contributed by atoms with Crippen molar-refractivity contribution in [2.45, 2.75) is 19.3 Å². The minimum Gasteiger partial charge on any atom is -0.338 e. The molecule has 0 atom stereocenters. The molecular formula is C14H18FN3O2. The first-order chi connectivity index (χ1) is 9.63. The molecule has 20 heavy (non-hydrogen) atoms. The standard InChI is InChI=1S/C14H18FN3O2/c15-11-5-2-6-12(7-11)18-13(19)9-17-14(20)16-8-10-3-1-4-10/h2,5-7,10H,1,3-4,8-9H2,(H,18,19)(H2,16,17,20). The van der Waals surface area contributed by atoms with Crippen LogP contribution in [-0.4, -0.2) is 25.0 Å². The van der Waals surface area contributed by atoms with Crippen LogP contribution >= 0.6 is 0 Å². The Morgan fingerprint density at radius 3 is 2.70 bits per heavy atom. The fourth-order valence-corrected chi connectivity index (χ4v) is 1.93. The van der Waals surface area contributed by atoms with Gasteiger partial charge in [-0.3, -0.25) is 4.79 Å². The van der Waals surface area contributed by atoms with Gasteiger partial charge in [-0.25, -0.2) is 9.18 Å². The van der Waals surface area contributed by atoms with Gasteiger partial charge in [0.25, 0.3) is 0 Å². The number of carbonyl (C=O) groups excluding carboxylic acids is 2. The predicted molar refractivity (Wildman–Crippen MR) is 73.8 cm³/mol. The number of carbonyl (C=O) groups is 2. The minimum atomic E-state index is -0.422. The third-order valence-electron chi connectivity index (χ3n) is 3.29. The third-order valence-corrected chi connectivity index (χ3v) is 3.29. The second-order valence-corrected chi connectivity index (χ2v) is 4.92. The molecule has 3 amide bonds. The highest BCUT2D eigenvalue weighted by molar-refractivity contribution is 5.94. The Labute approximate surface area is 116 Å². The zero-order chi connectivity index (χ0) is 14.4. The number of hydrogen-bond donors (Lipinski definition) is 3. The van der Waals surface area contributed by atoms with Gasteiger partial charge in [0.2, 0.25) is 5.91 Å². The summed E-state index contributed by atoms with van der Waals surface area (Å²) >= 11 is 0. The summed E-state index contributed by atoms with van der Waals surface area (Å²) in [6.45, 7) is 0.504. The van der Waals surface area contributed by atoms with Crippen LogP contribution in [0.15, 0.2) is 24.3 Å². The lowest BCUT2D eigenvalue weighted by atomic mass is 9.85. The molecule has 108 valence electrons. The number of rotatable bonds is 5. The first-order valence-electron chi connectivity index (χ1n) is 6.70. The van der Waals surface area contributed by atoms with E-state index in [1.54, 1.807) is 6.07 Å². The Balaban J connectivity index is 1.65. The number of amides is 3. The monoisotopic (exact) mass is 279 g/mol. The van der Waals surface area contributed by atoms with Crippen LogP contribution in [0.3, 0.4) is 0 Å². The van der Waals surface area contributed by atoms with E-state index >= 15 is 0 Å². The summed E-state index contributed by atoms with van der Waals surface area (Å²) < 4.78 is 12.9. The number of nitrogens with one attached hydrogen (secondary N) is 3. The summed E-state index contributed by atoms with van der Waals surface area (Å²) in [4.78, 5) is 23.0. The molecule has 0 aliphatic heterocycles. The first kappa shape index (κ1) is 14.3. The van der Waals surface area contributed by atoms with Crippen LogP contribution in [-0.2, 0) is 4.79 Å².